The van der Waals surface area contributed by atoms with Crippen molar-refractivity contribution in [3.63, 3.8) is 0 Å². The lowest BCUT2D eigenvalue weighted by Crippen LogP contribution is -2.03. The van der Waals surface area contributed by atoms with Gasteiger partial charge in [0.25, 0.3) is 0 Å². The molecule has 0 bridgehead atoms. The molecule has 0 heterocycles. The van der Waals surface area contributed by atoms with Gasteiger partial charge < -0.3 is 9.84 Å². The number of ether oxygens (including phenoxy) is 1. The van der Waals surface area contributed by atoms with Gasteiger partial charge in [-0.15, -0.1) is 11.8 Å². The molecule has 0 aromatic heterocycles. The van der Waals surface area contributed by atoms with Crippen molar-refractivity contribution < 1.29 is 19.0 Å². The van der Waals surface area contributed by atoms with E-state index in [1.54, 1.807) is 23.9 Å². The fraction of sp³-hybridized carbons (Fsp3) is 0.227. The zero-order chi connectivity index (χ0) is 19.4. The van der Waals surface area contributed by atoms with E-state index in [4.69, 9.17) is 4.74 Å². The van der Waals surface area contributed by atoms with Crippen molar-refractivity contribution in [3.05, 3.63) is 65.5 Å². The van der Waals surface area contributed by atoms with E-state index < -0.39 is 5.97 Å². The van der Waals surface area contributed by atoms with Gasteiger partial charge in [0, 0.05) is 10.3 Å². The van der Waals surface area contributed by atoms with E-state index >= 15 is 0 Å². The molecule has 3 aromatic carbocycles. The van der Waals surface area contributed by atoms with Crippen LogP contribution in [0.3, 0.4) is 0 Å². The second kappa shape index (κ2) is 8.44. The smallest absolute Gasteiger partial charge is 0.307 e. The van der Waals surface area contributed by atoms with Gasteiger partial charge in [0.05, 0.1) is 6.42 Å². The maximum absolute atomic E-state index is 13.8. The lowest BCUT2D eigenvalue weighted by Gasteiger charge is -2.16. The van der Waals surface area contributed by atoms with Crippen molar-refractivity contribution in [3.8, 4) is 11.5 Å². The topological polar surface area (TPSA) is 46.5 Å². The fourth-order valence-electron chi connectivity index (χ4n) is 2.91. The van der Waals surface area contributed by atoms with Crippen LogP contribution in [-0.2, 0) is 11.2 Å². The molecule has 0 amide bonds. The third kappa shape index (κ3) is 4.61. The van der Waals surface area contributed by atoms with Crippen molar-refractivity contribution >= 4 is 28.5 Å². The average Bonchev–Trinajstić information content (AvgIpc) is 2.64. The highest BCUT2D eigenvalue weighted by atomic mass is 32.2. The lowest BCUT2D eigenvalue weighted by atomic mass is 9.98. The van der Waals surface area contributed by atoms with Gasteiger partial charge >= 0.3 is 5.97 Å². The summed E-state index contributed by atoms with van der Waals surface area (Å²) in [4.78, 5) is 12.4. The number of hydrogen-bond donors (Lipinski definition) is 1. The van der Waals surface area contributed by atoms with E-state index in [0.717, 1.165) is 22.5 Å². The number of carboxylic acids is 1. The first-order chi connectivity index (χ1) is 13.0. The Balaban J connectivity index is 2.02. The predicted octanol–water partition coefficient (Wildman–Crippen LogP) is 6.21. The Morgan fingerprint density at radius 3 is 2.56 bits per heavy atom. The number of carbonyl (C=O) groups is 1. The third-order valence-electron chi connectivity index (χ3n) is 4.27. The van der Waals surface area contributed by atoms with E-state index in [1.165, 1.54) is 12.1 Å². The molecule has 0 atom stereocenters. The van der Waals surface area contributed by atoms with E-state index in [1.807, 2.05) is 31.2 Å². The SMILES string of the molecule is CCCSc1ccc(Oc2c(C)c(CC(=O)O)cc3ccc(F)cc23)cc1. The van der Waals surface area contributed by atoms with Crippen LogP contribution in [0.15, 0.2) is 53.4 Å². The summed E-state index contributed by atoms with van der Waals surface area (Å²) in [7, 11) is 0. The Hall–Kier alpha value is -2.53. The Labute approximate surface area is 162 Å². The number of rotatable bonds is 7. The maximum atomic E-state index is 13.8. The number of aliphatic carboxylic acids is 1. The summed E-state index contributed by atoms with van der Waals surface area (Å²) in [5.74, 6) is 0.918. The van der Waals surface area contributed by atoms with Crippen molar-refractivity contribution in [1.82, 2.24) is 0 Å². The van der Waals surface area contributed by atoms with Gasteiger partial charge in [-0.25, -0.2) is 4.39 Å². The average molecular weight is 384 g/mol. The second-order valence-corrected chi connectivity index (χ2v) is 7.52. The predicted molar refractivity (Wildman–Crippen MR) is 108 cm³/mol. The zero-order valence-corrected chi connectivity index (χ0v) is 16.1. The number of hydrogen-bond acceptors (Lipinski definition) is 3. The quantitative estimate of drug-likeness (QED) is 0.492. The number of benzene rings is 3. The summed E-state index contributed by atoms with van der Waals surface area (Å²) in [6.45, 7) is 3.95. The van der Waals surface area contributed by atoms with E-state index in [9.17, 15) is 14.3 Å². The summed E-state index contributed by atoms with van der Waals surface area (Å²) in [6.07, 6.45) is 0.998. The monoisotopic (exact) mass is 384 g/mol. The summed E-state index contributed by atoms with van der Waals surface area (Å²) in [5, 5.41) is 10.6. The van der Waals surface area contributed by atoms with Crippen molar-refractivity contribution in [2.45, 2.75) is 31.6 Å². The van der Waals surface area contributed by atoms with Crippen LogP contribution in [0.2, 0.25) is 0 Å². The number of thioether (sulfide) groups is 1. The molecule has 0 aliphatic rings. The first kappa shape index (κ1) is 19.2. The van der Waals surface area contributed by atoms with Gasteiger partial charge in [-0.2, -0.15) is 0 Å². The first-order valence-electron chi connectivity index (χ1n) is 8.82. The summed E-state index contributed by atoms with van der Waals surface area (Å²) in [6, 6.07) is 14.0. The van der Waals surface area contributed by atoms with Crippen molar-refractivity contribution in [2.24, 2.45) is 0 Å². The second-order valence-electron chi connectivity index (χ2n) is 6.35. The largest absolute Gasteiger partial charge is 0.481 e. The third-order valence-corrected chi connectivity index (χ3v) is 5.49. The minimum absolute atomic E-state index is 0.109. The molecule has 0 unspecified atom stereocenters. The molecule has 0 fully saturated rings. The molecule has 1 N–H and O–H groups in total. The standard InChI is InChI=1S/C22H21FO3S/c1-3-10-27-19-8-6-18(7-9-19)26-22-14(2)16(12-21(24)25)11-15-4-5-17(23)13-20(15)22/h4-9,11,13H,3,10,12H2,1-2H3,(H,24,25). The molecular formula is C22H21FO3S. The number of carboxylic acid groups (broad SMARTS) is 1. The van der Waals surface area contributed by atoms with Gasteiger partial charge in [-0.05, 0) is 72.0 Å². The van der Waals surface area contributed by atoms with Crippen LogP contribution < -0.4 is 4.74 Å². The minimum atomic E-state index is -0.914. The normalized spacial score (nSPS) is 10.9. The molecule has 0 saturated carbocycles. The molecule has 0 spiro atoms. The highest BCUT2D eigenvalue weighted by molar-refractivity contribution is 7.99. The van der Waals surface area contributed by atoms with Gasteiger partial charge in [-0.3, -0.25) is 4.79 Å². The van der Waals surface area contributed by atoms with Crippen LogP contribution in [0.25, 0.3) is 10.8 Å². The Morgan fingerprint density at radius 1 is 1.15 bits per heavy atom. The van der Waals surface area contributed by atoms with Crippen LogP contribution in [0.5, 0.6) is 11.5 Å². The fourth-order valence-corrected chi connectivity index (χ4v) is 3.68. The van der Waals surface area contributed by atoms with E-state index in [2.05, 4.69) is 6.92 Å². The van der Waals surface area contributed by atoms with Crippen LogP contribution in [0.1, 0.15) is 24.5 Å². The number of halogens is 1. The first-order valence-corrected chi connectivity index (χ1v) is 9.80. The molecule has 3 rings (SSSR count). The van der Waals surface area contributed by atoms with E-state index in [0.29, 0.717) is 28.0 Å². The van der Waals surface area contributed by atoms with Gasteiger partial charge in [0.15, 0.2) is 0 Å². The van der Waals surface area contributed by atoms with Crippen LogP contribution >= 0.6 is 11.8 Å². The molecule has 0 aliphatic carbocycles. The molecule has 140 valence electrons. The summed E-state index contributed by atoms with van der Waals surface area (Å²) < 4.78 is 19.9. The molecule has 5 heteroatoms. The molecular weight excluding hydrogens is 363 g/mol. The summed E-state index contributed by atoms with van der Waals surface area (Å²) >= 11 is 1.78. The van der Waals surface area contributed by atoms with Crippen LogP contribution in [0, 0.1) is 12.7 Å². The molecule has 0 aliphatic heterocycles. The van der Waals surface area contributed by atoms with E-state index in [-0.39, 0.29) is 12.2 Å². The van der Waals surface area contributed by atoms with Gasteiger partial charge in [0.2, 0.25) is 0 Å². The van der Waals surface area contributed by atoms with Crippen LogP contribution in [0.4, 0.5) is 4.39 Å². The highest BCUT2D eigenvalue weighted by Crippen LogP contribution is 2.37. The zero-order valence-electron chi connectivity index (χ0n) is 15.3. The molecule has 3 nitrogen and oxygen atoms in total. The molecule has 0 saturated heterocycles. The molecule has 27 heavy (non-hydrogen) atoms. The molecule has 0 radical (unpaired) electrons. The van der Waals surface area contributed by atoms with Crippen molar-refractivity contribution in [2.75, 3.05) is 5.75 Å². The van der Waals surface area contributed by atoms with Crippen LogP contribution in [-0.4, -0.2) is 16.8 Å². The van der Waals surface area contributed by atoms with Gasteiger partial charge in [-0.1, -0.05) is 19.1 Å². The Morgan fingerprint density at radius 2 is 1.89 bits per heavy atom. The summed E-state index contributed by atoms with van der Waals surface area (Å²) in [5.41, 5.74) is 1.37. The van der Waals surface area contributed by atoms with Crippen molar-refractivity contribution in [1.29, 1.82) is 0 Å². The van der Waals surface area contributed by atoms with Gasteiger partial charge in [0.1, 0.15) is 17.3 Å². The maximum Gasteiger partial charge on any atom is 0.307 e. The number of fused-ring (bicyclic) bond motifs is 1. The Bertz CT molecular complexity index is 967. The lowest BCUT2D eigenvalue weighted by molar-refractivity contribution is -0.136. The highest BCUT2D eigenvalue weighted by Gasteiger charge is 2.15. The molecule has 3 aromatic rings. The minimum Gasteiger partial charge on any atom is -0.481 e. The Kier molecular flexibility index (Phi) is 6.01.